The number of morpholine rings is 1. The molecule has 37 heavy (non-hydrogen) atoms. The number of nitrogens with one attached hydrogen (secondary N) is 1. The van der Waals surface area contributed by atoms with Gasteiger partial charge in [-0.2, -0.15) is 0 Å². The Labute approximate surface area is 218 Å². The number of nitrogens with zero attached hydrogens (tertiary/aromatic N) is 3. The summed E-state index contributed by atoms with van der Waals surface area (Å²) in [6.45, 7) is 6.52. The molecule has 1 aromatic heterocycles. The van der Waals surface area contributed by atoms with Crippen molar-refractivity contribution >= 4 is 11.9 Å². The van der Waals surface area contributed by atoms with Crippen molar-refractivity contribution in [2.45, 2.75) is 58.2 Å². The van der Waals surface area contributed by atoms with Crippen LogP contribution in [0.3, 0.4) is 0 Å². The van der Waals surface area contributed by atoms with Crippen molar-refractivity contribution in [3.8, 4) is 0 Å². The van der Waals surface area contributed by atoms with E-state index >= 15 is 0 Å². The lowest BCUT2D eigenvalue weighted by molar-refractivity contribution is -0.133. The van der Waals surface area contributed by atoms with Crippen LogP contribution in [0.4, 0.5) is 9.18 Å². The third-order valence-corrected chi connectivity index (χ3v) is 7.12. The minimum atomic E-state index is -0.322. The molecule has 1 aliphatic heterocycles. The van der Waals surface area contributed by atoms with Gasteiger partial charge in [-0.3, -0.25) is 9.69 Å². The van der Waals surface area contributed by atoms with E-state index in [1.807, 2.05) is 19.1 Å². The lowest BCUT2D eigenvalue weighted by Crippen LogP contribution is -2.52. The van der Waals surface area contributed by atoms with Gasteiger partial charge in [0.2, 0.25) is 5.91 Å². The standard InChI is InChI=1S/C28H39FN4O4/c1-22-7-12-26(37-22)20-33(19-23-8-10-24(29)11-9-23)27(34)21-32(14-13-31-15-17-36-18-16-31)28(35)30-25-5-3-2-4-6-25/h7-12,25H,2-6,13-21H2,1H3,(H,30,35). The molecule has 202 valence electrons. The van der Waals surface area contributed by atoms with Gasteiger partial charge in [0.15, 0.2) is 0 Å². The fraction of sp³-hybridized carbons (Fsp3) is 0.571. The summed E-state index contributed by atoms with van der Waals surface area (Å²) in [5.41, 5.74) is 0.810. The Morgan fingerprint density at radius 1 is 1.00 bits per heavy atom. The van der Waals surface area contributed by atoms with Crippen molar-refractivity contribution in [1.29, 1.82) is 0 Å². The number of hydrogen-bond donors (Lipinski definition) is 1. The molecule has 2 aromatic rings. The fourth-order valence-corrected chi connectivity index (χ4v) is 4.92. The highest BCUT2D eigenvalue weighted by molar-refractivity contribution is 5.84. The van der Waals surface area contributed by atoms with E-state index in [4.69, 9.17) is 9.15 Å². The van der Waals surface area contributed by atoms with Gasteiger partial charge < -0.3 is 24.3 Å². The molecular weight excluding hydrogens is 475 g/mol. The number of amides is 3. The van der Waals surface area contributed by atoms with E-state index in [0.717, 1.165) is 50.1 Å². The fourth-order valence-electron chi connectivity index (χ4n) is 4.92. The molecule has 0 radical (unpaired) electrons. The summed E-state index contributed by atoms with van der Waals surface area (Å²) in [5.74, 6) is 0.929. The van der Waals surface area contributed by atoms with E-state index in [0.29, 0.717) is 38.6 Å². The van der Waals surface area contributed by atoms with Crippen LogP contribution in [0.1, 0.15) is 49.2 Å². The number of ether oxygens (including phenoxy) is 1. The predicted molar refractivity (Wildman–Crippen MR) is 138 cm³/mol. The van der Waals surface area contributed by atoms with Crippen LogP contribution in [0.5, 0.6) is 0 Å². The molecule has 2 aliphatic rings. The van der Waals surface area contributed by atoms with Crippen LogP contribution in [0.15, 0.2) is 40.8 Å². The van der Waals surface area contributed by atoms with Crippen LogP contribution in [0.25, 0.3) is 0 Å². The zero-order valence-corrected chi connectivity index (χ0v) is 21.8. The number of urea groups is 1. The first kappa shape index (κ1) is 27.1. The maximum atomic E-state index is 13.6. The molecule has 3 amide bonds. The van der Waals surface area contributed by atoms with Gasteiger partial charge in [-0.25, -0.2) is 9.18 Å². The van der Waals surface area contributed by atoms with Crippen molar-refractivity contribution < 1.29 is 23.1 Å². The predicted octanol–water partition coefficient (Wildman–Crippen LogP) is 3.93. The van der Waals surface area contributed by atoms with Gasteiger partial charge >= 0.3 is 6.03 Å². The minimum absolute atomic E-state index is 0.0379. The van der Waals surface area contributed by atoms with Gasteiger partial charge in [0.25, 0.3) is 0 Å². The number of benzene rings is 1. The molecule has 8 nitrogen and oxygen atoms in total. The van der Waals surface area contributed by atoms with E-state index < -0.39 is 0 Å². The topological polar surface area (TPSA) is 78.3 Å². The second-order valence-electron chi connectivity index (χ2n) is 10.0. The lowest BCUT2D eigenvalue weighted by atomic mass is 9.96. The molecule has 1 saturated carbocycles. The number of carbonyl (C=O) groups is 2. The summed E-state index contributed by atoms with van der Waals surface area (Å²) in [5, 5.41) is 3.17. The van der Waals surface area contributed by atoms with Crippen molar-refractivity contribution in [2.24, 2.45) is 0 Å². The summed E-state index contributed by atoms with van der Waals surface area (Å²) >= 11 is 0. The molecule has 1 aliphatic carbocycles. The Morgan fingerprint density at radius 3 is 2.41 bits per heavy atom. The molecule has 0 atom stereocenters. The SMILES string of the molecule is Cc1ccc(CN(Cc2ccc(F)cc2)C(=O)CN(CCN2CCOCC2)C(=O)NC2CCCCC2)o1. The van der Waals surface area contributed by atoms with Gasteiger partial charge in [0.1, 0.15) is 23.9 Å². The number of hydrogen-bond acceptors (Lipinski definition) is 5. The molecular formula is C28H39FN4O4. The van der Waals surface area contributed by atoms with E-state index in [-0.39, 0.29) is 36.9 Å². The first-order chi connectivity index (χ1) is 18.0. The summed E-state index contributed by atoms with van der Waals surface area (Å²) < 4.78 is 24.6. The van der Waals surface area contributed by atoms with Gasteiger partial charge in [0.05, 0.1) is 19.8 Å². The maximum absolute atomic E-state index is 13.6. The average molecular weight is 515 g/mol. The summed E-state index contributed by atoms with van der Waals surface area (Å²) in [4.78, 5) is 32.5. The number of rotatable bonds is 10. The quantitative estimate of drug-likeness (QED) is 0.520. The molecule has 0 spiro atoms. The van der Waals surface area contributed by atoms with Crippen molar-refractivity contribution in [3.63, 3.8) is 0 Å². The van der Waals surface area contributed by atoms with Crippen LogP contribution < -0.4 is 5.32 Å². The first-order valence-corrected chi connectivity index (χ1v) is 13.4. The Hall–Kier alpha value is -2.91. The van der Waals surface area contributed by atoms with Gasteiger partial charge in [-0.15, -0.1) is 0 Å². The largest absolute Gasteiger partial charge is 0.464 e. The summed E-state index contributed by atoms with van der Waals surface area (Å²) in [6.07, 6.45) is 5.39. The molecule has 0 unspecified atom stereocenters. The number of halogens is 1. The van der Waals surface area contributed by atoms with Crippen molar-refractivity contribution in [3.05, 3.63) is 59.3 Å². The Morgan fingerprint density at radius 2 is 1.73 bits per heavy atom. The highest BCUT2D eigenvalue weighted by Crippen LogP contribution is 2.18. The highest BCUT2D eigenvalue weighted by atomic mass is 19.1. The maximum Gasteiger partial charge on any atom is 0.318 e. The first-order valence-electron chi connectivity index (χ1n) is 13.4. The third-order valence-electron chi connectivity index (χ3n) is 7.12. The molecule has 9 heteroatoms. The van der Waals surface area contributed by atoms with Crippen LogP contribution in [0.2, 0.25) is 0 Å². The summed E-state index contributed by atoms with van der Waals surface area (Å²) in [7, 11) is 0. The number of carbonyl (C=O) groups excluding carboxylic acids is 2. The molecule has 1 saturated heterocycles. The molecule has 4 rings (SSSR count). The number of furan rings is 1. The van der Waals surface area contributed by atoms with E-state index in [2.05, 4.69) is 10.2 Å². The Balaban J connectivity index is 1.46. The second kappa shape index (κ2) is 13.6. The van der Waals surface area contributed by atoms with Crippen LogP contribution in [-0.2, 0) is 22.6 Å². The van der Waals surface area contributed by atoms with E-state index in [9.17, 15) is 14.0 Å². The summed E-state index contributed by atoms with van der Waals surface area (Å²) in [6, 6.07) is 9.81. The van der Waals surface area contributed by atoms with Crippen LogP contribution in [-0.4, -0.2) is 78.6 Å². The van der Waals surface area contributed by atoms with Gasteiger partial charge in [0, 0.05) is 38.8 Å². The zero-order chi connectivity index (χ0) is 26.0. The second-order valence-corrected chi connectivity index (χ2v) is 10.0. The molecule has 1 aromatic carbocycles. The van der Waals surface area contributed by atoms with Crippen molar-refractivity contribution in [2.75, 3.05) is 45.9 Å². The monoisotopic (exact) mass is 514 g/mol. The van der Waals surface area contributed by atoms with E-state index in [1.54, 1.807) is 21.9 Å². The van der Waals surface area contributed by atoms with Crippen LogP contribution in [0, 0.1) is 12.7 Å². The normalized spacial score (nSPS) is 16.9. The minimum Gasteiger partial charge on any atom is -0.464 e. The average Bonchev–Trinajstić information content (AvgIpc) is 3.32. The Kier molecular flexibility index (Phi) is 9.96. The third kappa shape index (κ3) is 8.57. The highest BCUT2D eigenvalue weighted by Gasteiger charge is 2.26. The number of aryl methyl sites for hydroxylation is 1. The Bertz CT molecular complexity index is 1000. The molecule has 2 fully saturated rings. The van der Waals surface area contributed by atoms with Gasteiger partial charge in [-0.05, 0) is 49.6 Å². The molecule has 2 heterocycles. The lowest BCUT2D eigenvalue weighted by Gasteiger charge is -2.32. The zero-order valence-electron chi connectivity index (χ0n) is 21.8. The van der Waals surface area contributed by atoms with Gasteiger partial charge in [-0.1, -0.05) is 31.4 Å². The smallest absolute Gasteiger partial charge is 0.318 e. The van der Waals surface area contributed by atoms with Crippen molar-refractivity contribution in [1.82, 2.24) is 20.0 Å². The van der Waals surface area contributed by atoms with Crippen LogP contribution >= 0.6 is 0 Å². The van der Waals surface area contributed by atoms with E-state index in [1.165, 1.54) is 18.6 Å². The molecule has 1 N–H and O–H groups in total. The molecule has 0 bridgehead atoms.